The number of rotatable bonds is 2. The first-order valence-corrected chi connectivity index (χ1v) is 6.53. The molecule has 1 saturated heterocycles. The molecule has 1 aliphatic rings. The molecule has 2 heterocycles. The Kier molecular flexibility index (Phi) is 3.39. The van der Waals surface area contributed by atoms with Crippen LogP contribution in [-0.2, 0) is 0 Å². The second-order valence-corrected chi connectivity index (χ2v) is 4.97. The van der Waals surface area contributed by atoms with Crippen LogP contribution < -0.4 is 5.32 Å². The van der Waals surface area contributed by atoms with E-state index in [9.17, 15) is 8.78 Å². The summed E-state index contributed by atoms with van der Waals surface area (Å²) >= 11 is 0. The first-order chi connectivity index (χ1) is 10.1. The molecule has 1 N–H and O–H groups in total. The molecule has 21 heavy (non-hydrogen) atoms. The van der Waals surface area contributed by atoms with Crippen molar-refractivity contribution >= 4 is 0 Å². The summed E-state index contributed by atoms with van der Waals surface area (Å²) in [4.78, 5) is 4.16. The Morgan fingerprint density at radius 2 is 2.29 bits per heavy atom. The Balaban J connectivity index is 1.85. The van der Waals surface area contributed by atoms with Crippen LogP contribution in [0.25, 0.3) is 11.4 Å². The Labute approximate surface area is 119 Å². The summed E-state index contributed by atoms with van der Waals surface area (Å²) in [5, 5.41) is 15.6. The van der Waals surface area contributed by atoms with Gasteiger partial charge in [0.1, 0.15) is 0 Å². The van der Waals surface area contributed by atoms with Gasteiger partial charge in [0.2, 0.25) is 11.7 Å². The summed E-state index contributed by atoms with van der Waals surface area (Å²) in [6, 6.07) is 8.10. The Morgan fingerprint density at radius 1 is 1.43 bits per heavy atom. The molecular weight excluding hydrogens is 278 g/mol. The number of piperidine rings is 1. The van der Waals surface area contributed by atoms with Crippen molar-refractivity contribution < 1.29 is 13.3 Å². The van der Waals surface area contributed by atoms with E-state index in [0.29, 0.717) is 11.1 Å². The van der Waals surface area contributed by atoms with Crippen LogP contribution in [-0.4, -0.2) is 22.6 Å². The SMILES string of the molecule is N#Cc1cccc(-c2noc(C3CC(F)(F)CCN3)n2)c1. The smallest absolute Gasteiger partial charge is 0.251 e. The van der Waals surface area contributed by atoms with Gasteiger partial charge in [0, 0.05) is 24.9 Å². The van der Waals surface area contributed by atoms with Crippen LogP contribution in [0, 0.1) is 11.3 Å². The first-order valence-electron chi connectivity index (χ1n) is 6.53. The lowest BCUT2D eigenvalue weighted by Crippen LogP contribution is -2.38. The van der Waals surface area contributed by atoms with E-state index in [-0.39, 0.29) is 31.1 Å². The highest BCUT2D eigenvalue weighted by Crippen LogP contribution is 2.34. The molecule has 3 rings (SSSR count). The van der Waals surface area contributed by atoms with Crippen LogP contribution in [0.5, 0.6) is 0 Å². The largest absolute Gasteiger partial charge is 0.337 e. The maximum atomic E-state index is 13.4. The zero-order valence-electron chi connectivity index (χ0n) is 11.0. The van der Waals surface area contributed by atoms with Gasteiger partial charge in [0.15, 0.2) is 0 Å². The van der Waals surface area contributed by atoms with Gasteiger partial charge in [-0.3, -0.25) is 0 Å². The molecule has 1 aromatic heterocycles. The standard InChI is InChI=1S/C14H12F2N4O/c15-14(16)4-5-18-11(7-14)13-19-12(20-21-13)10-3-1-2-9(6-10)8-17/h1-3,6,11,18H,4-5,7H2. The number of hydrogen-bond acceptors (Lipinski definition) is 5. The van der Waals surface area contributed by atoms with Crippen LogP contribution >= 0.6 is 0 Å². The maximum absolute atomic E-state index is 13.4. The molecule has 108 valence electrons. The Hall–Kier alpha value is -2.33. The van der Waals surface area contributed by atoms with E-state index < -0.39 is 12.0 Å². The van der Waals surface area contributed by atoms with Crippen molar-refractivity contribution in [1.82, 2.24) is 15.5 Å². The van der Waals surface area contributed by atoms with Crippen molar-refractivity contribution in [3.05, 3.63) is 35.7 Å². The van der Waals surface area contributed by atoms with Gasteiger partial charge in [-0.2, -0.15) is 10.2 Å². The van der Waals surface area contributed by atoms with E-state index in [2.05, 4.69) is 15.5 Å². The van der Waals surface area contributed by atoms with Crippen molar-refractivity contribution in [1.29, 1.82) is 5.26 Å². The minimum Gasteiger partial charge on any atom is -0.337 e. The molecule has 1 aliphatic heterocycles. The van der Waals surface area contributed by atoms with E-state index in [1.165, 1.54) is 0 Å². The fraction of sp³-hybridized carbons (Fsp3) is 0.357. The average Bonchev–Trinajstić information content (AvgIpc) is 2.96. The van der Waals surface area contributed by atoms with Gasteiger partial charge < -0.3 is 9.84 Å². The number of nitrogens with zero attached hydrogens (tertiary/aromatic N) is 3. The molecule has 0 amide bonds. The van der Waals surface area contributed by atoms with E-state index in [1.54, 1.807) is 24.3 Å². The number of nitrogens with one attached hydrogen (secondary N) is 1. The number of nitriles is 1. The van der Waals surface area contributed by atoms with E-state index in [4.69, 9.17) is 9.78 Å². The van der Waals surface area contributed by atoms with Crippen molar-refractivity contribution in [3.63, 3.8) is 0 Å². The van der Waals surface area contributed by atoms with E-state index >= 15 is 0 Å². The molecule has 5 nitrogen and oxygen atoms in total. The summed E-state index contributed by atoms with van der Waals surface area (Å²) in [7, 11) is 0. The molecule has 1 fully saturated rings. The second-order valence-electron chi connectivity index (χ2n) is 4.97. The normalized spacial score (nSPS) is 20.9. The number of halogens is 2. The molecular formula is C14H12F2N4O. The summed E-state index contributed by atoms with van der Waals surface area (Å²) in [6.07, 6.45) is -0.540. The minimum atomic E-state index is -2.72. The van der Waals surface area contributed by atoms with Crippen LogP contribution in [0.3, 0.4) is 0 Å². The molecule has 7 heteroatoms. The van der Waals surface area contributed by atoms with Crippen LogP contribution in [0.4, 0.5) is 8.78 Å². The summed E-state index contributed by atoms with van der Waals surface area (Å²) < 4.78 is 31.9. The molecule has 1 unspecified atom stereocenters. The summed E-state index contributed by atoms with van der Waals surface area (Å²) in [5.74, 6) is -2.28. The molecule has 1 aromatic carbocycles. The Bertz CT molecular complexity index is 692. The molecule has 0 radical (unpaired) electrons. The van der Waals surface area contributed by atoms with Gasteiger partial charge in [-0.15, -0.1) is 0 Å². The van der Waals surface area contributed by atoms with Crippen molar-refractivity contribution in [2.45, 2.75) is 24.8 Å². The molecule has 0 spiro atoms. The fourth-order valence-corrected chi connectivity index (χ4v) is 2.30. The number of alkyl halides is 2. The number of benzene rings is 1. The highest BCUT2D eigenvalue weighted by Gasteiger charge is 2.38. The summed E-state index contributed by atoms with van der Waals surface area (Å²) in [5.41, 5.74) is 1.09. The van der Waals surface area contributed by atoms with Gasteiger partial charge >= 0.3 is 0 Å². The molecule has 0 aliphatic carbocycles. The zero-order chi connectivity index (χ0) is 14.9. The minimum absolute atomic E-state index is 0.145. The Morgan fingerprint density at radius 3 is 3.05 bits per heavy atom. The lowest BCUT2D eigenvalue weighted by molar-refractivity contribution is -0.0451. The highest BCUT2D eigenvalue weighted by molar-refractivity contribution is 5.57. The fourth-order valence-electron chi connectivity index (χ4n) is 2.30. The zero-order valence-corrected chi connectivity index (χ0v) is 11.0. The van der Waals surface area contributed by atoms with Gasteiger partial charge in [0.25, 0.3) is 5.92 Å². The molecule has 1 atom stereocenters. The van der Waals surface area contributed by atoms with E-state index in [0.717, 1.165) is 0 Å². The maximum Gasteiger partial charge on any atom is 0.251 e. The first kappa shape index (κ1) is 13.6. The van der Waals surface area contributed by atoms with Crippen LogP contribution in [0.1, 0.15) is 30.3 Å². The topological polar surface area (TPSA) is 74.7 Å². The average molecular weight is 290 g/mol. The lowest BCUT2D eigenvalue weighted by atomic mass is 10.0. The van der Waals surface area contributed by atoms with Gasteiger partial charge in [-0.25, -0.2) is 8.78 Å². The highest BCUT2D eigenvalue weighted by atomic mass is 19.3. The van der Waals surface area contributed by atoms with E-state index in [1.807, 2.05) is 6.07 Å². The predicted octanol–water partition coefficient (Wildman–Crippen LogP) is 2.67. The summed E-state index contributed by atoms with van der Waals surface area (Å²) in [6.45, 7) is 0.208. The van der Waals surface area contributed by atoms with Crippen molar-refractivity contribution in [2.75, 3.05) is 6.54 Å². The van der Waals surface area contributed by atoms with Crippen molar-refractivity contribution in [2.24, 2.45) is 0 Å². The second kappa shape index (κ2) is 5.22. The molecule has 2 aromatic rings. The van der Waals surface area contributed by atoms with Gasteiger partial charge in [-0.1, -0.05) is 17.3 Å². The third-order valence-corrected chi connectivity index (χ3v) is 3.37. The molecule has 0 saturated carbocycles. The lowest BCUT2D eigenvalue weighted by Gasteiger charge is -2.27. The number of aromatic nitrogens is 2. The molecule has 0 bridgehead atoms. The third kappa shape index (κ3) is 2.90. The quantitative estimate of drug-likeness (QED) is 0.920. The monoisotopic (exact) mass is 290 g/mol. The number of hydrogen-bond donors (Lipinski definition) is 1. The van der Waals surface area contributed by atoms with Gasteiger partial charge in [0.05, 0.1) is 17.7 Å². The van der Waals surface area contributed by atoms with Crippen LogP contribution in [0.15, 0.2) is 28.8 Å². The van der Waals surface area contributed by atoms with Crippen molar-refractivity contribution in [3.8, 4) is 17.5 Å². The predicted molar refractivity (Wildman–Crippen MR) is 69.4 cm³/mol. The van der Waals surface area contributed by atoms with Crippen LogP contribution in [0.2, 0.25) is 0 Å². The third-order valence-electron chi connectivity index (χ3n) is 3.37. The van der Waals surface area contributed by atoms with Gasteiger partial charge in [-0.05, 0) is 12.1 Å².